The number of ether oxygens (including phenoxy) is 3. The van der Waals surface area contributed by atoms with Crippen molar-refractivity contribution in [1.82, 2.24) is 0 Å². The summed E-state index contributed by atoms with van der Waals surface area (Å²) in [6.45, 7) is 20.1. The summed E-state index contributed by atoms with van der Waals surface area (Å²) in [5.41, 5.74) is 6.44. The first-order valence-electron chi connectivity index (χ1n) is 15.0. The Labute approximate surface area is 234 Å². The third-order valence-electron chi connectivity index (χ3n) is 9.24. The number of carbonyl (C=O) groups is 1. The van der Waals surface area contributed by atoms with Gasteiger partial charge in [0, 0.05) is 13.0 Å². The molecule has 0 bridgehead atoms. The van der Waals surface area contributed by atoms with Crippen LogP contribution in [0.3, 0.4) is 0 Å². The number of epoxide rings is 1. The fraction of sp³-hybridized carbons (Fsp3) is 0.839. The maximum atomic E-state index is 11.3. The van der Waals surface area contributed by atoms with Crippen molar-refractivity contribution in [2.45, 2.75) is 142 Å². The Kier molecular flexibility index (Phi) is 12.7. The van der Waals surface area contributed by atoms with Crippen LogP contribution in [0.15, 0.2) is 23.8 Å². The number of nitrogens with two attached hydrogens (primary N) is 1. The number of hydrogen-bond donors (Lipinski definition) is 1. The summed E-state index contributed by atoms with van der Waals surface area (Å²) >= 11 is 0. The monoisotopic (exact) mass is 551 g/mol. The molecule has 2 heterocycles. The predicted octanol–water partition coefficient (Wildman–Crippen LogP) is 6.79. The van der Waals surface area contributed by atoms with E-state index < -0.39 is 8.32 Å². The number of carbonyl (C=O) groups excluding carboxylic acids is 1. The summed E-state index contributed by atoms with van der Waals surface area (Å²) < 4.78 is 25.3. The quantitative estimate of drug-likeness (QED) is 0.130. The highest BCUT2D eigenvalue weighted by atomic mass is 28.4. The molecule has 0 spiro atoms. The molecule has 0 aromatic rings. The van der Waals surface area contributed by atoms with Crippen LogP contribution in [0.25, 0.3) is 0 Å². The van der Waals surface area contributed by atoms with Gasteiger partial charge in [-0.05, 0) is 75.6 Å². The van der Waals surface area contributed by atoms with E-state index in [0.29, 0.717) is 18.3 Å². The topological polar surface area (TPSA) is 83.3 Å². The van der Waals surface area contributed by atoms with Crippen LogP contribution < -0.4 is 5.73 Å². The highest BCUT2D eigenvalue weighted by molar-refractivity contribution is 6.73. The van der Waals surface area contributed by atoms with Gasteiger partial charge in [-0.25, -0.2) is 0 Å². The molecule has 6 nitrogen and oxygen atoms in total. The molecule has 0 radical (unpaired) electrons. The third kappa shape index (κ3) is 8.75. The van der Waals surface area contributed by atoms with Crippen molar-refractivity contribution in [3.63, 3.8) is 0 Å². The van der Waals surface area contributed by atoms with E-state index >= 15 is 0 Å². The van der Waals surface area contributed by atoms with E-state index in [1.807, 2.05) is 0 Å². The van der Waals surface area contributed by atoms with Crippen LogP contribution in [0.1, 0.15) is 88.0 Å². The third-order valence-corrected chi connectivity index (χ3v) is 14.0. The van der Waals surface area contributed by atoms with E-state index in [0.717, 1.165) is 37.4 Å². The lowest BCUT2D eigenvalue weighted by atomic mass is 9.85. The van der Waals surface area contributed by atoms with Crippen molar-refractivity contribution in [2.75, 3.05) is 7.11 Å². The number of amides is 1. The van der Waals surface area contributed by atoms with E-state index in [-0.39, 0.29) is 47.9 Å². The Morgan fingerprint density at radius 3 is 2.34 bits per heavy atom. The molecule has 7 heteroatoms. The van der Waals surface area contributed by atoms with Crippen molar-refractivity contribution < 1.29 is 23.4 Å². The molecule has 2 fully saturated rings. The molecular weight excluding hydrogens is 494 g/mol. The Balaban J connectivity index is 1.94. The molecule has 2 aliphatic heterocycles. The van der Waals surface area contributed by atoms with Gasteiger partial charge in [0.15, 0.2) is 8.32 Å². The summed E-state index contributed by atoms with van der Waals surface area (Å²) in [4.78, 5) is 11.3. The molecule has 2 saturated heterocycles. The molecule has 0 aromatic heterocycles. The van der Waals surface area contributed by atoms with Crippen LogP contribution in [0.4, 0.5) is 0 Å². The first kappa shape index (κ1) is 33.2. The van der Waals surface area contributed by atoms with Gasteiger partial charge in [0.05, 0.1) is 42.5 Å². The Morgan fingerprint density at radius 2 is 1.79 bits per heavy atom. The first-order valence-corrected chi connectivity index (χ1v) is 17.5. The highest BCUT2D eigenvalue weighted by Gasteiger charge is 2.57. The smallest absolute Gasteiger partial charge is 0.220 e. The highest BCUT2D eigenvalue weighted by Crippen LogP contribution is 2.47. The van der Waals surface area contributed by atoms with Crippen molar-refractivity contribution in [3.8, 4) is 0 Å². The minimum Gasteiger partial charge on any atom is -0.412 e. The second kappa shape index (κ2) is 14.6. The van der Waals surface area contributed by atoms with Gasteiger partial charge in [-0.15, -0.1) is 0 Å². The standard InChI is InChI=1S/C31H57NO5Si/c1-11-38(12-2,13-3)37-25(8)29(34-10)24(7)30-31(9,36-30)20-21(4)15-14-16-22(5)28-23(6)17-18-26(35-28)19-27(32)33/h14-16,21,23-26,28-30H,11-13,17-20H2,1-10H3,(H2,32,33)/b15-14+,22-16+/t21-,23+,24-,25-,26-,28-,29-,30-,31-/m1/s1. The predicted molar refractivity (Wildman–Crippen MR) is 159 cm³/mol. The van der Waals surface area contributed by atoms with Crippen molar-refractivity contribution >= 4 is 14.2 Å². The number of hydrogen-bond acceptors (Lipinski definition) is 5. The Morgan fingerprint density at radius 1 is 1.16 bits per heavy atom. The van der Waals surface area contributed by atoms with E-state index in [2.05, 4.69) is 80.5 Å². The maximum Gasteiger partial charge on any atom is 0.220 e. The van der Waals surface area contributed by atoms with Crippen LogP contribution in [0.5, 0.6) is 0 Å². The average molecular weight is 552 g/mol. The van der Waals surface area contributed by atoms with E-state index in [1.165, 1.54) is 5.57 Å². The van der Waals surface area contributed by atoms with Crippen molar-refractivity contribution in [3.05, 3.63) is 23.8 Å². The Hall–Kier alpha value is -0.993. The zero-order valence-corrected chi connectivity index (χ0v) is 26.9. The number of allylic oxidation sites excluding steroid dienone is 3. The molecule has 0 aromatic carbocycles. The van der Waals surface area contributed by atoms with E-state index in [4.69, 9.17) is 24.4 Å². The molecule has 2 aliphatic rings. The van der Waals surface area contributed by atoms with E-state index in [1.54, 1.807) is 7.11 Å². The van der Waals surface area contributed by atoms with Crippen LogP contribution >= 0.6 is 0 Å². The molecule has 0 unspecified atom stereocenters. The minimum atomic E-state index is -1.70. The van der Waals surface area contributed by atoms with Gasteiger partial charge in [0.1, 0.15) is 0 Å². The van der Waals surface area contributed by atoms with Gasteiger partial charge in [0.25, 0.3) is 0 Å². The number of methoxy groups -OCH3 is 1. The van der Waals surface area contributed by atoms with Gasteiger partial charge in [0.2, 0.25) is 5.91 Å². The molecule has 0 saturated carbocycles. The van der Waals surface area contributed by atoms with Gasteiger partial charge in [-0.2, -0.15) is 0 Å². The Bertz CT molecular complexity index is 804. The SMILES string of the molecule is CC[Si](CC)(CC)O[C@H](C)[C@H](OC)[C@@H](C)[C@H]1O[C@]1(C)C[C@H](C)/C=C/C=C(\C)[C@H]1O[C@@H](CC(N)=O)CC[C@@H]1C. The van der Waals surface area contributed by atoms with Gasteiger partial charge in [-0.1, -0.05) is 59.8 Å². The lowest BCUT2D eigenvalue weighted by Crippen LogP contribution is -2.46. The summed E-state index contributed by atoms with van der Waals surface area (Å²) in [6, 6.07) is 3.43. The lowest BCUT2D eigenvalue weighted by Gasteiger charge is -2.36. The van der Waals surface area contributed by atoms with Gasteiger partial charge < -0.3 is 24.4 Å². The molecule has 220 valence electrons. The number of primary amides is 1. The molecule has 9 atom stereocenters. The summed E-state index contributed by atoms with van der Waals surface area (Å²) in [7, 11) is 0.107. The average Bonchev–Trinajstić information content (AvgIpc) is 3.53. The number of rotatable bonds is 16. The maximum absolute atomic E-state index is 11.3. The molecule has 38 heavy (non-hydrogen) atoms. The van der Waals surface area contributed by atoms with Crippen molar-refractivity contribution in [1.29, 1.82) is 0 Å². The van der Waals surface area contributed by atoms with Crippen LogP contribution in [-0.4, -0.2) is 57.5 Å². The molecular formula is C31H57NO5Si. The first-order chi connectivity index (χ1) is 17.8. The minimum absolute atomic E-state index is 0.0191. The summed E-state index contributed by atoms with van der Waals surface area (Å²) in [5, 5.41) is 0. The van der Waals surface area contributed by atoms with Crippen molar-refractivity contribution in [2.24, 2.45) is 23.5 Å². The fourth-order valence-electron chi connectivity index (χ4n) is 6.69. The zero-order valence-electron chi connectivity index (χ0n) is 25.9. The molecule has 0 aliphatic carbocycles. The second-order valence-corrected chi connectivity index (χ2v) is 17.1. The second-order valence-electron chi connectivity index (χ2n) is 12.4. The zero-order chi connectivity index (χ0) is 28.7. The fourth-order valence-corrected chi connectivity index (χ4v) is 9.61. The van der Waals surface area contributed by atoms with Crippen LogP contribution in [0.2, 0.25) is 18.1 Å². The van der Waals surface area contributed by atoms with Gasteiger partial charge in [-0.3, -0.25) is 4.79 Å². The molecule has 1 amide bonds. The van der Waals surface area contributed by atoms with Crippen LogP contribution in [-0.2, 0) is 23.4 Å². The molecule has 2 N–H and O–H groups in total. The van der Waals surface area contributed by atoms with Crippen LogP contribution in [0, 0.1) is 17.8 Å². The summed E-state index contributed by atoms with van der Waals surface area (Å²) in [5.74, 6) is 0.776. The lowest BCUT2D eigenvalue weighted by molar-refractivity contribution is -0.125. The molecule has 2 rings (SSSR count). The summed E-state index contributed by atoms with van der Waals surface area (Å²) in [6.07, 6.45) is 10.00. The largest absolute Gasteiger partial charge is 0.412 e. The van der Waals surface area contributed by atoms with Gasteiger partial charge >= 0.3 is 0 Å². The normalized spacial score (nSPS) is 31.7. The van der Waals surface area contributed by atoms with E-state index in [9.17, 15) is 4.79 Å².